The van der Waals surface area contributed by atoms with Gasteiger partial charge in [0.05, 0.1) is 6.61 Å². The molecule has 5 nitrogen and oxygen atoms in total. The summed E-state index contributed by atoms with van der Waals surface area (Å²) in [7, 11) is 0. The lowest BCUT2D eigenvalue weighted by molar-refractivity contribution is -0.145. The molecule has 1 aliphatic carbocycles. The molecular weight excluding hydrogens is 368 g/mol. The third kappa shape index (κ3) is 4.67. The lowest BCUT2D eigenvalue weighted by Crippen LogP contribution is -2.45. The normalized spacial score (nSPS) is 23.3. The first-order chi connectivity index (χ1) is 13.8. The van der Waals surface area contributed by atoms with Gasteiger partial charge in [-0.05, 0) is 64.2 Å². The van der Waals surface area contributed by atoms with Crippen molar-refractivity contribution in [3.63, 3.8) is 0 Å². The first kappa shape index (κ1) is 21.8. The molecule has 0 spiro atoms. The predicted octanol–water partition coefficient (Wildman–Crippen LogP) is 4.29. The SMILES string of the molecule is CCCCCc1cc(OC(=O)[C@@H](O)CO)c2c(c1)OC(C)(C)[C@@H]1CCC(C)=C[C@H]21. The first-order valence-corrected chi connectivity index (χ1v) is 10.8. The number of aliphatic hydroxyl groups excluding tert-OH is 2. The molecule has 0 saturated carbocycles. The summed E-state index contributed by atoms with van der Waals surface area (Å²) in [5, 5.41) is 18.8. The van der Waals surface area contributed by atoms with Crippen molar-refractivity contribution < 1.29 is 24.5 Å². The molecule has 1 aromatic carbocycles. The highest BCUT2D eigenvalue weighted by Gasteiger charge is 2.45. The van der Waals surface area contributed by atoms with Gasteiger partial charge in [-0.3, -0.25) is 0 Å². The first-order valence-electron chi connectivity index (χ1n) is 10.8. The number of unbranched alkanes of at least 4 members (excludes halogenated alkanes) is 2. The summed E-state index contributed by atoms with van der Waals surface area (Å²) >= 11 is 0. The van der Waals surface area contributed by atoms with E-state index in [9.17, 15) is 9.90 Å². The number of benzene rings is 1. The Hall–Kier alpha value is -1.85. The highest BCUT2D eigenvalue weighted by atomic mass is 16.6. The number of esters is 1. The van der Waals surface area contributed by atoms with Crippen molar-refractivity contribution in [3.8, 4) is 11.5 Å². The highest BCUT2D eigenvalue weighted by Crippen LogP contribution is 2.53. The molecule has 0 saturated heterocycles. The van der Waals surface area contributed by atoms with Crippen LogP contribution in [0.15, 0.2) is 23.8 Å². The fourth-order valence-electron chi connectivity index (χ4n) is 4.62. The molecule has 3 atom stereocenters. The van der Waals surface area contributed by atoms with Crippen molar-refractivity contribution in [1.29, 1.82) is 0 Å². The maximum atomic E-state index is 12.3. The van der Waals surface area contributed by atoms with Crippen molar-refractivity contribution >= 4 is 5.97 Å². The second kappa shape index (κ2) is 8.88. The Balaban J connectivity index is 2.06. The third-order valence-corrected chi connectivity index (χ3v) is 6.24. The second-order valence-corrected chi connectivity index (χ2v) is 8.97. The molecular formula is C24H34O5. The van der Waals surface area contributed by atoms with E-state index in [1.807, 2.05) is 6.07 Å². The molecule has 0 fully saturated rings. The minimum Gasteiger partial charge on any atom is -0.487 e. The summed E-state index contributed by atoms with van der Waals surface area (Å²) in [5.41, 5.74) is 2.95. The summed E-state index contributed by atoms with van der Waals surface area (Å²) in [6.07, 6.45) is 6.97. The van der Waals surface area contributed by atoms with Gasteiger partial charge in [-0.25, -0.2) is 4.79 Å². The molecule has 1 heterocycles. The zero-order valence-corrected chi connectivity index (χ0v) is 18.0. The van der Waals surface area contributed by atoms with Crippen molar-refractivity contribution in [3.05, 3.63) is 34.9 Å². The molecule has 5 heteroatoms. The van der Waals surface area contributed by atoms with Crippen LogP contribution in [0.2, 0.25) is 0 Å². The number of aryl methyl sites for hydroxylation is 1. The molecule has 3 rings (SSSR count). The van der Waals surface area contributed by atoms with Gasteiger partial charge >= 0.3 is 5.97 Å². The molecule has 2 N–H and O–H groups in total. The van der Waals surface area contributed by atoms with Gasteiger partial charge in [-0.1, -0.05) is 31.4 Å². The Kier molecular flexibility index (Phi) is 6.69. The highest BCUT2D eigenvalue weighted by molar-refractivity contribution is 5.78. The molecule has 29 heavy (non-hydrogen) atoms. The van der Waals surface area contributed by atoms with Crippen LogP contribution in [0.4, 0.5) is 0 Å². The summed E-state index contributed by atoms with van der Waals surface area (Å²) in [6, 6.07) is 3.99. The van der Waals surface area contributed by atoms with Gasteiger partial charge < -0.3 is 19.7 Å². The van der Waals surface area contributed by atoms with Crippen molar-refractivity contribution in [2.24, 2.45) is 5.92 Å². The fraction of sp³-hybridized carbons (Fsp3) is 0.625. The molecule has 0 radical (unpaired) electrons. The molecule has 0 unspecified atom stereocenters. The Morgan fingerprint density at radius 1 is 1.34 bits per heavy atom. The molecule has 1 aromatic rings. The number of aliphatic hydroxyl groups is 2. The van der Waals surface area contributed by atoms with Gasteiger partial charge in [-0.15, -0.1) is 0 Å². The maximum absolute atomic E-state index is 12.3. The fourth-order valence-corrected chi connectivity index (χ4v) is 4.62. The van der Waals surface area contributed by atoms with E-state index in [1.165, 1.54) is 5.57 Å². The molecule has 160 valence electrons. The van der Waals surface area contributed by atoms with E-state index in [0.717, 1.165) is 55.4 Å². The Morgan fingerprint density at radius 3 is 2.79 bits per heavy atom. The van der Waals surface area contributed by atoms with Crippen LogP contribution >= 0.6 is 0 Å². The number of hydrogen-bond donors (Lipinski definition) is 2. The number of fused-ring (bicyclic) bond motifs is 3. The topological polar surface area (TPSA) is 76.0 Å². The van der Waals surface area contributed by atoms with Crippen LogP contribution in [0.3, 0.4) is 0 Å². The van der Waals surface area contributed by atoms with E-state index in [0.29, 0.717) is 5.75 Å². The summed E-state index contributed by atoms with van der Waals surface area (Å²) in [6.45, 7) is 7.91. The zero-order chi connectivity index (χ0) is 21.2. The van der Waals surface area contributed by atoms with Crippen LogP contribution in [0.1, 0.15) is 76.8 Å². The number of ether oxygens (including phenoxy) is 2. The van der Waals surface area contributed by atoms with Crippen LogP contribution in [-0.2, 0) is 11.2 Å². The van der Waals surface area contributed by atoms with Crippen LogP contribution in [0.25, 0.3) is 0 Å². The molecule has 0 amide bonds. The van der Waals surface area contributed by atoms with E-state index >= 15 is 0 Å². The van der Waals surface area contributed by atoms with Gasteiger partial charge in [0.25, 0.3) is 0 Å². The number of allylic oxidation sites excluding steroid dienone is 2. The van der Waals surface area contributed by atoms with E-state index in [4.69, 9.17) is 14.6 Å². The van der Waals surface area contributed by atoms with Crippen molar-refractivity contribution in [1.82, 2.24) is 0 Å². The second-order valence-electron chi connectivity index (χ2n) is 8.97. The largest absolute Gasteiger partial charge is 0.487 e. The third-order valence-electron chi connectivity index (χ3n) is 6.24. The smallest absolute Gasteiger partial charge is 0.342 e. The number of rotatable bonds is 7. The van der Waals surface area contributed by atoms with E-state index < -0.39 is 18.7 Å². The summed E-state index contributed by atoms with van der Waals surface area (Å²) in [4.78, 5) is 12.3. The predicted molar refractivity (Wildman–Crippen MR) is 112 cm³/mol. The van der Waals surface area contributed by atoms with Crippen LogP contribution < -0.4 is 9.47 Å². The van der Waals surface area contributed by atoms with Crippen LogP contribution in [-0.4, -0.2) is 34.5 Å². The zero-order valence-electron chi connectivity index (χ0n) is 18.0. The standard InChI is InChI=1S/C24H34O5/c1-5-6-7-8-16-12-20(28-23(27)19(26)14-25)22-17-11-15(2)9-10-18(17)24(3,4)29-21(22)13-16/h11-13,17-19,25-26H,5-10,14H2,1-4H3/t17-,18+,19-/m0/s1. The lowest BCUT2D eigenvalue weighted by atomic mass is 9.68. The monoisotopic (exact) mass is 402 g/mol. The molecule has 2 aliphatic rings. The van der Waals surface area contributed by atoms with E-state index in [-0.39, 0.29) is 17.4 Å². The summed E-state index contributed by atoms with van der Waals surface area (Å²) in [5.74, 6) is 0.754. The van der Waals surface area contributed by atoms with Crippen molar-refractivity contribution in [2.45, 2.75) is 83.8 Å². The number of carbonyl (C=O) groups is 1. The van der Waals surface area contributed by atoms with Crippen LogP contribution in [0.5, 0.6) is 11.5 Å². The van der Waals surface area contributed by atoms with E-state index in [1.54, 1.807) is 0 Å². The van der Waals surface area contributed by atoms with Gasteiger partial charge in [0.15, 0.2) is 6.10 Å². The van der Waals surface area contributed by atoms with Crippen molar-refractivity contribution in [2.75, 3.05) is 6.61 Å². The van der Waals surface area contributed by atoms with Gasteiger partial charge in [0, 0.05) is 17.4 Å². The van der Waals surface area contributed by atoms with Gasteiger partial charge in [0.1, 0.15) is 17.1 Å². The van der Waals surface area contributed by atoms with Gasteiger partial charge in [-0.2, -0.15) is 0 Å². The minimum atomic E-state index is -1.55. The summed E-state index contributed by atoms with van der Waals surface area (Å²) < 4.78 is 12.1. The average Bonchev–Trinajstić information content (AvgIpc) is 2.66. The van der Waals surface area contributed by atoms with Crippen LogP contribution in [0, 0.1) is 5.92 Å². The molecule has 1 aliphatic heterocycles. The molecule has 0 bridgehead atoms. The maximum Gasteiger partial charge on any atom is 0.342 e. The molecule has 0 aromatic heterocycles. The average molecular weight is 403 g/mol. The number of carbonyl (C=O) groups excluding carboxylic acids is 1. The number of hydrogen-bond acceptors (Lipinski definition) is 5. The quantitative estimate of drug-likeness (QED) is 0.308. The van der Waals surface area contributed by atoms with Gasteiger partial charge in [0.2, 0.25) is 0 Å². The van der Waals surface area contributed by atoms with E-state index in [2.05, 4.69) is 39.8 Å². The lowest BCUT2D eigenvalue weighted by Gasteiger charge is -2.46. The Morgan fingerprint density at radius 2 is 2.10 bits per heavy atom. The Labute approximate surface area is 173 Å². The minimum absolute atomic E-state index is 0.0984. The Bertz CT molecular complexity index is 780.